The van der Waals surface area contributed by atoms with Crippen LogP contribution in [0.4, 0.5) is 10.5 Å². The highest BCUT2D eigenvalue weighted by molar-refractivity contribution is 5.83. The zero-order valence-electron chi connectivity index (χ0n) is 7.74. The molecule has 72 valence electrons. The second-order valence-corrected chi connectivity index (χ2v) is 2.77. The van der Waals surface area contributed by atoms with E-state index in [0.29, 0.717) is 11.3 Å². The summed E-state index contributed by atoms with van der Waals surface area (Å²) in [6.45, 7) is 1.94. The van der Waals surface area contributed by atoms with Crippen molar-refractivity contribution in [2.24, 2.45) is 0 Å². The molecule has 1 rings (SSSR count). The molecule has 1 aromatic carbocycles. The van der Waals surface area contributed by atoms with Crippen LogP contribution in [0.2, 0.25) is 0 Å². The van der Waals surface area contributed by atoms with E-state index in [1.165, 1.54) is 6.07 Å². The minimum atomic E-state index is -1.13. The number of nitriles is 1. The lowest BCUT2D eigenvalue weighted by Gasteiger charge is -2.04. The van der Waals surface area contributed by atoms with Crippen molar-refractivity contribution in [3.05, 3.63) is 29.3 Å². The average molecular weight is 190 g/mol. The highest BCUT2D eigenvalue weighted by Gasteiger charge is 2.03. The molecule has 0 bridgehead atoms. The maximum Gasteiger partial charge on any atom is 0.409 e. The molecule has 0 radical (unpaired) electrons. The number of carboxylic acid groups (broad SMARTS) is 1. The summed E-state index contributed by atoms with van der Waals surface area (Å²) in [4.78, 5) is 10.3. The summed E-state index contributed by atoms with van der Waals surface area (Å²) in [5, 5.41) is 19.4. The average Bonchev–Trinajstić information content (AvgIpc) is 2.16. The second kappa shape index (κ2) is 4.28. The predicted molar refractivity (Wildman–Crippen MR) is 52.2 cm³/mol. The molecule has 0 aliphatic heterocycles. The number of nitrogens with one attached hydrogen (secondary N) is 1. The quantitative estimate of drug-likeness (QED) is 0.750. The van der Waals surface area contributed by atoms with Gasteiger partial charge in [-0.2, -0.15) is 5.26 Å². The van der Waals surface area contributed by atoms with Crippen molar-refractivity contribution in [2.75, 3.05) is 5.32 Å². The number of rotatable bonds is 2. The molecule has 4 heteroatoms. The van der Waals surface area contributed by atoms with Gasteiger partial charge in [0, 0.05) is 5.69 Å². The summed E-state index contributed by atoms with van der Waals surface area (Å²) >= 11 is 0. The van der Waals surface area contributed by atoms with Crippen LogP contribution in [0.3, 0.4) is 0 Å². The molecule has 0 atom stereocenters. The van der Waals surface area contributed by atoms with Crippen molar-refractivity contribution in [3.63, 3.8) is 0 Å². The van der Waals surface area contributed by atoms with Gasteiger partial charge in [-0.1, -0.05) is 13.0 Å². The van der Waals surface area contributed by atoms with E-state index >= 15 is 0 Å². The smallest absolute Gasteiger partial charge is 0.409 e. The Morgan fingerprint density at radius 3 is 2.86 bits per heavy atom. The van der Waals surface area contributed by atoms with Crippen LogP contribution >= 0.6 is 0 Å². The third-order valence-corrected chi connectivity index (χ3v) is 1.86. The molecule has 0 heterocycles. The molecule has 0 saturated carbocycles. The normalized spacial score (nSPS) is 9.14. The van der Waals surface area contributed by atoms with Crippen molar-refractivity contribution in [1.82, 2.24) is 0 Å². The van der Waals surface area contributed by atoms with Crippen LogP contribution in [0.25, 0.3) is 0 Å². The summed E-state index contributed by atoms with van der Waals surface area (Å²) in [6, 6.07) is 6.96. The van der Waals surface area contributed by atoms with Gasteiger partial charge in [0.1, 0.15) is 0 Å². The standard InChI is InChI=1S/C10H10N2O2/c1-2-7-3-4-9(12-10(13)14)5-8(7)6-11/h3-5,12H,2H2,1H3,(H,13,14). The lowest BCUT2D eigenvalue weighted by atomic mass is 10.1. The summed E-state index contributed by atoms with van der Waals surface area (Å²) in [5.41, 5.74) is 1.86. The van der Waals surface area contributed by atoms with Gasteiger partial charge in [-0.3, -0.25) is 5.32 Å². The number of hydrogen-bond acceptors (Lipinski definition) is 2. The van der Waals surface area contributed by atoms with E-state index in [2.05, 4.69) is 5.32 Å². The summed E-state index contributed by atoms with van der Waals surface area (Å²) in [7, 11) is 0. The first-order chi connectivity index (χ1) is 6.67. The number of hydrogen-bond donors (Lipinski definition) is 2. The minimum Gasteiger partial charge on any atom is -0.465 e. The van der Waals surface area contributed by atoms with Crippen LogP contribution in [0.5, 0.6) is 0 Å². The molecule has 0 unspecified atom stereocenters. The van der Waals surface area contributed by atoms with Gasteiger partial charge in [-0.15, -0.1) is 0 Å². The summed E-state index contributed by atoms with van der Waals surface area (Å²) in [6.07, 6.45) is -0.367. The summed E-state index contributed by atoms with van der Waals surface area (Å²) in [5.74, 6) is 0. The Balaban J connectivity index is 3.03. The van der Waals surface area contributed by atoms with E-state index in [1.807, 2.05) is 13.0 Å². The zero-order chi connectivity index (χ0) is 10.6. The Morgan fingerprint density at radius 1 is 1.64 bits per heavy atom. The number of benzene rings is 1. The number of aryl methyl sites for hydroxylation is 1. The third-order valence-electron chi connectivity index (χ3n) is 1.86. The van der Waals surface area contributed by atoms with Crippen LogP contribution in [-0.2, 0) is 6.42 Å². The van der Waals surface area contributed by atoms with Crippen molar-refractivity contribution < 1.29 is 9.90 Å². The molecule has 0 saturated heterocycles. The Kier molecular flexibility index (Phi) is 3.08. The van der Waals surface area contributed by atoms with Crippen molar-refractivity contribution in [2.45, 2.75) is 13.3 Å². The molecular formula is C10H10N2O2. The van der Waals surface area contributed by atoms with Gasteiger partial charge in [0.25, 0.3) is 0 Å². The molecule has 0 spiro atoms. The van der Waals surface area contributed by atoms with Crippen molar-refractivity contribution >= 4 is 11.8 Å². The molecule has 0 aliphatic carbocycles. The minimum absolute atomic E-state index is 0.422. The Labute approximate surface area is 81.8 Å². The molecule has 14 heavy (non-hydrogen) atoms. The Morgan fingerprint density at radius 2 is 2.36 bits per heavy atom. The van der Waals surface area contributed by atoms with Gasteiger partial charge in [0.2, 0.25) is 0 Å². The van der Waals surface area contributed by atoms with Gasteiger partial charge in [-0.25, -0.2) is 4.79 Å². The maximum absolute atomic E-state index is 10.3. The van der Waals surface area contributed by atoms with E-state index in [1.54, 1.807) is 12.1 Å². The van der Waals surface area contributed by atoms with Crippen LogP contribution < -0.4 is 5.32 Å². The Hall–Kier alpha value is -2.02. The van der Waals surface area contributed by atoms with Gasteiger partial charge in [0.05, 0.1) is 11.6 Å². The number of amides is 1. The van der Waals surface area contributed by atoms with E-state index < -0.39 is 6.09 Å². The Bertz CT molecular complexity index is 394. The first-order valence-electron chi connectivity index (χ1n) is 4.20. The molecule has 0 aromatic heterocycles. The molecule has 1 amide bonds. The second-order valence-electron chi connectivity index (χ2n) is 2.77. The monoisotopic (exact) mass is 190 g/mol. The van der Waals surface area contributed by atoms with Crippen LogP contribution in [0, 0.1) is 11.3 Å². The molecule has 2 N–H and O–H groups in total. The lowest BCUT2D eigenvalue weighted by Crippen LogP contribution is -2.07. The van der Waals surface area contributed by atoms with Crippen LogP contribution in [0.15, 0.2) is 18.2 Å². The molecule has 4 nitrogen and oxygen atoms in total. The number of anilines is 1. The van der Waals surface area contributed by atoms with Gasteiger partial charge < -0.3 is 5.11 Å². The van der Waals surface area contributed by atoms with E-state index in [-0.39, 0.29) is 0 Å². The van der Waals surface area contributed by atoms with E-state index in [4.69, 9.17) is 10.4 Å². The maximum atomic E-state index is 10.3. The van der Waals surface area contributed by atoms with Crippen LogP contribution in [0.1, 0.15) is 18.1 Å². The van der Waals surface area contributed by atoms with Gasteiger partial charge in [-0.05, 0) is 24.1 Å². The van der Waals surface area contributed by atoms with E-state index in [9.17, 15) is 4.79 Å². The van der Waals surface area contributed by atoms with Crippen molar-refractivity contribution in [1.29, 1.82) is 5.26 Å². The van der Waals surface area contributed by atoms with E-state index in [0.717, 1.165) is 12.0 Å². The number of nitrogens with zero attached hydrogens (tertiary/aromatic N) is 1. The fraction of sp³-hybridized carbons (Fsp3) is 0.200. The molecule has 0 aliphatic rings. The number of carbonyl (C=O) groups is 1. The topological polar surface area (TPSA) is 73.1 Å². The highest BCUT2D eigenvalue weighted by Crippen LogP contribution is 2.15. The summed E-state index contributed by atoms with van der Waals surface area (Å²) < 4.78 is 0. The fourth-order valence-corrected chi connectivity index (χ4v) is 1.19. The van der Waals surface area contributed by atoms with Gasteiger partial charge >= 0.3 is 6.09 Å². The lowest BCUT2D eigenvalue weighted by molar-refractivity contribution is 0.210. The largest absolute Gasteiger partial charge is 0.465 e. The third kappa shape index (κ3) is 2.23. The first kappa shape index (κ1) is 10.1. The molecular weight excluding hydrogens is 180 g/mol. The fourth-order valence-electron chi connectivity index (χ4n) is 1.19. The van der Waals surface area contributed by atoms with Crippen molar-refractivity contribution in [3.8, 4) is 6.07 Å². The van der Waals surface area contributed by atoms with Gasteiger partial charge in [0.15, 0.2) is 0 Å². The van der Waals surface area contributed by atoms with Crippen LogP contribution in [-0.4, -0.2) is 11.2 Å². The first-order valence-corrected chi connectivity index (χ1v) is 4.20. The SMILES string of the molecule is CCc1ccc(NC(=O)O)cc1C#N. The predicted octanol–water partition coefficient (Wildman–Crippen LogP) is 2.21. The highest BCUT2D eigenvalue weighted by atomic mass is 16.4. The zero-order valence-corrected chi connectivity index (χ0v) is 7.74. The molecule has 0 fully saturated rings. The molecule has 1 aromatic rings.